The Labute approximate surface area is 80.0 Å². The zero-order valence-corrected chi connectivity index (χ0v) is 7.20. The van der Waals surface area contributed by atoms with Gasteiger partial charge in [-0.05, 0) is 11.1 Å². The van der Waals surface area contributed by atoms with E-state index in [2.05, 4.69) is 39.2 Å². The van der Waals surface area contributed by atoms with E-state index in [1.165, 1.54) is 23.6 Å². The van der Waals surface area contributed by atoms with Gasteiger partial charge in [0.2, 0.25) is 0 Å². The third-order valence-electron chi connectivity index (χ3n) is 1.50. The molecule has 1 heterocycles. The van der Waals surface area contributed by atoms with Crippen molar-refractivity contribution in [2.24, 2.45) is 0 Å². The number of nitrogens with zero attached hydrogens (tertiary/aromatic N) is 2. The van der Waals surface area contributed by atoms with Crippen molar-refractivity contribution in [1.82, 2.24) is 10.4 Å². The van der Waals surface area contributed by atoms with Gasteiger partial charge in [0.1, 0.15) is 6.26 Å². The van der Waals surface area contributed by atoms with Gasteiger partial charge in [0.05, 0.1) is 6.20 Å². The molecule has 0 fully saturated rings. The topological polar surface area (TPSA) is 76.2 Å². The summed E-state index contributed by atoms with van der Waals surface area (Å²) in [5.41, 5.74) is 2.85. The number of rotatable bonds is 0. The summed E-state index contributed by atoms with van der Waals surface area (Å²) >= 11 is 0. The Kier molecular flexibility index (Phi) is 3.87. The predicted molar refractivity (Wildman–Crippen MR) is 48.4 cm³/mol. The van der Waals surface area contributed by atoms with E-state index in [4.69, 9.17) is 9.90 Å². The van der Waals surface area contributed by atoms with Crippen LogP contribution in [0.3, 0.4) is 0 Å². The van der Waals surface area contributed by atoms with Crippen molar-refractivity contribution in [3.05, 3.63) is 36.7 Å². The second kappa shape index (κ2) is 5.47. The lowest BCUT2D eigenvalue weighted by Gasteiger charge is -2.10. The average Bonchev–Trinajstić information content (AvgIpc) is 2.70. The van der Waals surface area contributed by atoms with Crippen LogP contribution in [0.5, 0.6) is 0 Å². The molecule has 0 spiro atoms. The summed E-state index contributed by atoms with van der Waals surface area (Å²) in [6, 6.07) is 8.48. The van der Waals surface area contributed by atoms with Crippen LogP contribution in [0.2, 0.25) is 0 Å². The van der Waals surface area contributed by atoms with E-state index in [0.717, 1.165) is 0 Å². The maximum Gasteiger partial charge on any atom is 0.290 e. The molecule has 1 aromatic heterocycles. The average molecular weight is 192 g/mol. The fourth-order valence-electron chi connectivity index (χ4n) is 0.799. The number of benzene rings is 1. The molecule has 0 radical (unpaired) electrons. The van der Waals surface area contributed by atoms with Gasteiger partial charge < -0.3 is 9.63 Å². The van der Waals surface area contributed by atoms with Crippen LogP contribution in [-0.4, -0.2) is 21.9 Å². The van der Waals surface area contributed by atoms with E-state index in [-0.39, 0.29) is 6.47 Å². The maximum atomic E-state index is 8.36. The second-order valence-electron chi connectivity index (χ2n) is 2.27. The van der Waals surface area contributed by atoms with Gasteiger partial charge in [-0.1, -0.05) is 24.3 Å². The normalized spacial score (nSPS) is 8.57. The molecular weight excluding hydrogens is 184 g/mol. The Hall–Kier alpha value is -2.17. The summed E-state index contributed by atoms with van der Waals surface area (Å²) in [5.74, 6) is 0. The standard InChI is InChI=1S/C6H4.C2H2N2O.CH2O2/c1-2-6-4-3-5(1)6;1-2-5-4-3-1;2-1-3/h1-4H;1-2H;1H,(H,2,3). The maximum absolute atomic E-state index is 8.36. The molecule has 1 aromatic rings. The van der Waals surface area contributed by atoms with E-state index in [0.29, 0.717) is 0 Å². The van der Waals surface area contributed by atoms with Crippen molar-refractivity contribution < 1.29 is 14.4 Å². The zero-order valence-electron chi connectivity index (χ0n) is 7.20. The highest BCUT2D eigenvalue weighted by Gasteiger charge is 2.03. The molecular formula is C9H8N2O3. The summed E-state index contributed by atoms with van der Waals surface area (Å²) in [6.07, 6.45) is 2.88. The van der Waals surface area contributed by atoms with Crippen LogP contribution in [0, 0.1) is 0 Å². The lowest BCUT2D eigenvalue weighted by Crippen LogP contribution is -1.85. The van der Waals surface area contributed by atoms with Gasteiger partial charge in [0.15, 0.2) is 0 Å². The van der Waals surface area contributed by atoms with Crippen LogP contribution in [0.25, 0.3) is 11.1 Å². The molecule has 5 nitrogen and oxygen atoms in total. The Balaban J connectivity index is 0.000000113. The molecule has 0 saturated heterocycles. The smallest absolute Gasteiger partial charge is 0.290 e. The van der Waals surface area contributed by atoms with Crippen molar-refractivity contribution in [3.8, 4) is 11.1 Å². The quantitative estimate of drug-likeness (QED) is 0.545. The molecule has 0 atom stereocenters. The molecule has 3 rings (SSSR count). The molecule has 0 aliphatic heterocycles. The predicted octanol–water partition coefficient (Wildman–Crippen LogP) is 1.44. The van der Waals surface area contributed by atoms with Crippen molar-refractivity contribution in [1.29, 1.82) is 0 Å². The first-order valence-electron chi connectivity index (χ1n) is 3.78. The fraction of sp³-hybridized carbons (Fsp3) is 0. The van der Waals surface area contributed by atoms with Gasteiger partial charge in [-0.2, -0.15) is 0 Å². The van der Waals surface area contributed by atoms with Crippen LogP contribution >= 0.6 is 0 Å². The van der Waals surface area contributed by atoms with Crippen LogP contribution in [0.4, 0.5) is 0 Å². The van der Waals surface area contributed by atoms with Crippen molar-refractivity contribution in [2.75, 3.05) is 0 Å². The number of fused-ring (bicyclic) bond motifs is 1. The minimum absolute atomic E-state index is 0.250. The summed E-state index contributed by atoms with van der Waals surface area (Å²) in [5, 5.41) is 13.3. The summed E-state index contributed by atoms with van der Waals surface area (Å²) in [7, 11) is 0. The SMILES string of the molecule is O=CO.c1cc2ccc1-2.c1conn1. The molecule has 72 valence electrons. The van der Waals surface area contributed by atoms with Crippen LogP contribution in [0.1, 0.15) is 0 Å². The van der Waals surface area contributed by atoms with Crippen LogP contribution in [-0.2, 0) is 4.79 Å². The van der Waals surface area contributed by atoms with Gasteiger partial charge in [-0.25, -0.2) is 0 Å². The monoisotopic (exact) mass is 192 g/mol. The van der Waals surface area contributed by atoms with E-state index < -0.39 is 0 Å². The van der Waals surface area contributed by atoms with Gasteiger partial charge in [0, 0.05) is 5.27 Å². The third-order valence-corrected chi connectivity index (χ3v) is 1.50. The number of carbonyl (C=O) groups is 1. The number of hydrogen-bond acceptors (Lipinski definition) is 4. The first kappa shape index (κ1) is 9.91. The number of carboxylic acid groups (broad SMARTS) is 1. The molecule has 5 heteroatoms. The van der Waals surface area contributed by atoms with E-state index in [1.54, 1.807) is 0 Å². The molecule has 0 amide bonds. The first-order chi connectivity index (χ1) is 6.88. The molecule has 1 N–H and O–H groups in total. The third kappa shape index (κ3) is 2.71. The second-order valence-corrected chi connectivity index (χ2v) is 2.27. The van der Waals surface area contributed by atoms with Crippen molar-refractivity contribution in [3.63, 3.8) is 0 Å². The lowest BCUT2D eigenvalue weighted by molar-refractivity contribution is -0.122. The summed E-state index contributed by atoms with van der Waals surface area (Å²) < 4.78 is 4.22. The molecule has 2 aliphatic carbocycles. The largest absolute Gasteiger partial charge is 0.483 e. The minimum atomic E-state index is -0.250. The number of hydrogen-bond donors (Lipinski definition) is 1. The molecule has 0 bridgehead atoms. The van der Waals surface area contributed by atoms with Gasteiger partial charge in [-0.3, -0.25) is 4.79 Å². The van der Waals surface area contributed by atoms with Crippen molar-refractivity contribution in [2.45, 2.75) is 0 Å². The van der Waals surface area contributed by atoms with Gasteiger partial charge in [-0.15, -0.1) is 5.10 Å². The highest BCUT2D eigenvalue weighted by atomic mass is 16.5. The van der Waals surface area contributed by atoms with Crippen LogP contribution in [0.15, 0.2) is 41.2 Å². The summed E-state index contributed by atoms with van der Waals surface area (Å²) in [6.45, 7) is -0.250. The van der Waals surface area contributed by atoms with Gasteiger partial charge in [0.25, 0.3) is 6.47 Å². The first-order valence-corrected chi connectivity index (χ1v) is 3.78. The Morgan fingerprint density at radius 3 is 1.79 bits per heavy atom. The molecule has 0 aromatic carbocycles. The molecule has 14 heavy (non-hydrogen) atoms. The lowest BCUT2D eigenvalue weighted by atomic mass is 9.95. The minimum Gasteiger partial charge on any atom is -0.483 e. The van der Waals surface area contributed by atoms with E-state index in [9.17, 15) is 0 Å². The Morgan fingerprint density at radius 1 is 1.21 bits per heavy atom. The zero-order chi connectivity index (χ0) is 10.2. The molecule has 2 aliphatic rings. The Morgan fingerprint density at radius 2 is 1.71 bits per heavy atom. The van der Waals surface area contributed by atoms with E-state index >= 15 is 0 Å². The fourth-order valence-corrected chi connectivity index (χ4v) is 0.799. The van der Waals surface area contributed by atoms with Crippen molar-refractivity contribution >= 4 is 6.47 Å². The highest BCUT2D eigenvalue weighted by molar-refractivity contribution is 5.75. The number of aromatic nitrogens is 2. The summed E-state index contributed by atoms with van der Waals surface area (Å²) in [4.78, 5) is 8.36. The van der Waals surface area contributed by atoms with Gasteiger partial charge >= 0.3 is 0 Å². The van der Waals surface area contributed by atoms with E-state index in [1.807, 2.05) is 0 Å². The van der Waals surface area contributed by atoms with Crippen LogP contribution < -0.4 is 0 Å². The molecule has 0 saturated carbocycles. The Bertz CT molecular complexity index is 318. The molecule has 0 unspecified atom stereocenters. The highest BCUT2D eigenvalue weighted by Crippen LogP contribution is 2.29.